The SMILES string of the molecule is CNC1C(SCc2ccccc2Cl)CCCC1(C)C. The lowest BCUT2D eigenvalue weighted by Gasteiger charge is -2.43. The first kappa shape index (κ1) is 15.2. The van der Waals surface area contributed by atoms with Crippen LogP contribution in [0, 0.1) is 5.41 Å². The summed E-state index contributed by atoms with van der Waals surface area (Å²) in [4.78, 5) is 0. The molecule has 1 aliphatic carbocycles. The van der Waals surface area contributed by atoms with E-state index in [9.17, 15) is 0 Å². The van der Waals surface area contributed by atoms with Gasteiger partial charge in [-0.2, -0.15) is 11.8 Å². The maximum Gasteiger partial charge on any atom is 0.0446 e. The van der Waals surface area contributed by atoms with Gasteiger partial charge in [-0.25, -0.2) is 0 Å². The first-order chi connectivity index (χ1) is 9.04. The van der Waals surface area contributed by atoms with E-state index in [1.165, 1.54) is 24.8 Å². The van der Waals surface area contributed by atoms with Crippen molar-refractivity contribution in [3.05, 3.63) is 34.9 Å². The van der Waals surface area contributed by atoms with Gasteiger partial charge in [-0.1, -0.05) is 50.1 Å². The topological polar surface area (TPSA) is 12.0 Å². The maximum atomic E-state index is 6.24. The first-order valence-electron chi connectivity index (χ1n) is 7.07. The Labute approximate surface area is 126 Å². The summed E-state index contributed by atoms with van der Waals surface area (Å²) in [7, 11) is 2.10. The van der Waals surface area contributed by atoms with Crippen LogP contribution < -0.4 is 5.32 Å². The van der Waals surface area contributed by atoms with Gasteiger partial charge in [-0.3, -0.25) is 0 Å². The van der Waals surface area contributed by atoms with E-state index in [0.29, 0.717) is 16.7 Å². The van der Waals surface area contributed by atoms with E-state index in [-0.39, 0.29) is 0 Å². The first-order valence-corrected chi connectivity index (χ1v) is 8.49. The van der Waals surface area contributed by atoms with Crippen LogP contribution in [-0.2, 0) is 5.75 Å². The van der Waals surface area contributed by atoms with Crippen molar-refractivity contribution in [2.45, 2.75) is 50.2 Å². The summed E-state index contributed by atoms with van der Waals surface area (Å²) in [5.74, 6) is 1.01. The molecule has 3 heteroatoms. The smallest absolute Gasteiger partial charge is 0.0446 e. The summed E-state index contributed by atoms with van der Waals surface area (Å²) in [6.45, 7) is 4.77. The number of hydrogen-bond acceptors (Lipinski definition) is 2. The average Bonchev–Trinajstić information content (AvgIpc) is 2.37. The zero-order chi connectivity index (χ0) is 13.9. The number of hydrogen-bond donors (Lipinski definition) is 1. The fourth-order valence-electron chi connectivity index (χ4n) is 3.15. The summed E-state index contributed by atoms with van der Waals surface area (Å²) in [6.07, 6.45) is 3.97. The second-order valence-corrected chi connectivity index (χ2v) is 7.72. The van der Waals surface area contributed by atoms with Crippen LogP contribution in [0.4, 0.5) is 0 Å². The normalized spacial score (nSPS) is 26.3. The molecule has 1 N–H and O–H groups in total. The molecule has 2 rings (SSSR count). The third kappa shape index (κ3) is 3.68. The molecule has 0 spiro atoms. The summed E-state index contributed by atoms with van der Waals surface area (Å²) >= 11 is 8.29. The molecule has 0 amide bonds. The Morgan fingerprint density at radius 3 is 2.79 bits per heavy atom. The quantitative estimate of drug-likeness (QED) is 0.861. The van der Waals surface area contributed by atoms with E-state index in [1.54, 1.807) is 0 Å². The van der Waals surface area contributed by atoms with E-state index >= 15 is 0 Å². The summed E-state index contributed by atoms with van der Waals surface area (Å²) in [5, 5.41) is 5.12. The van der Waals surface area contributed by atoms with E-state index in [4.69, 9.17) is 11.6 Å². The van der Waals surface area contributed by atoms with Gasteiger partial charge in [0.2, 0.25) is 0 Å². The maximum absolute atomic E-state index is 6.24. The van der Waals surface area contributed by atoms with Crippen molar-refractivity contribution in [2.24, 2.45) is 5.41 Å². The van der Waals surface area contributed by atoms with Gasteiger partial charge in [-0.15, -0.1) is 0 Å². The lowest BCUT2D eigenvalue weighted by atomic mass is 9.73. The van der Waals surface area contributed by atoms with Crippen molar-refractivity contribution in [2.75, 3.05) is 7.05 Å². The van der Waals surface area contributed by atoms with Crippen molar-refractivity contribution >= 4 is 23.4 Å². The molecule has 0 radical (unpaired) electrons. The van der Waals surface area contributed by atoms with Gasteiger partial charge in [0, 0.05) is 22.1 Å². The van der Waals surface area contributed by atoms with Crippen LogP contribution in [0.1, 0.15) is 38.7 Å². The fourth-order valence-corrected chi connectivity index (χ4v) is 5.11. The Hall–Kier alpha value is -0.180. The van der Waals surface area contributed by atoms with Crippen LogP contribution in [0.15, 0.2) is 24.3 Å². The predicted molar refractivity (Wildman–Crippen MR) is 87.0 cm³/mol. The monoisotopic (exact) mass is 297 g/mol. The van der Waals surface area contributed by atoms with Gasteiger partial charge >= 0.3 is 0 Å². The largest absolute Gasteiger partial charge is 0.315 e. The zero-order valence-electron chi connectivity index (χ0n) is 12.1. The Bertz CT molecular complexity index is 419. The molecule has 0 saturated heterocycles. The molecule has 0 aromatic heterocycles. The highest BCUT2D eigenvalue weighted by Gasteiger charge is 2.38. The van der Waals surface area contributed by atoms with Gasteiger partial charge in [0.15, 0.2) is 0 Å². The van der Waals surface area contributed by atoms with Crippen LogP contribution in [-0.4, -0.2) is 18.3 Å². The Kier molecular flexibility index (Phi) is 5.22. The minimum Gasteiger partial charge on any atom is -0.315 e. The van der Waals surface area contributed by atoms with E-state index in [1.807, 2.05) is 12.1 Å². The summed E-state index contributed by atoms with van der Waals surface area (Å²) in [6, 6.07) is 8.78. The summed E-state index contributed by atoms with van der Waals surface area (Å²) in [5.41, 5.74) is 1.65. The predicted octanol–water partition coefficient (Wildman–Crippen LogP) is 4.74. The molecule has 1 fully saturated rings. The molecule has 106 valence electrons. The van der Waals surface area contributed by atoms with Crippen molar-refractivity contribution in [3.63, 3.8) is 0 Å². The van der Waals surface area contributed by atoms with Crippen LogP contribution in [0.2, 0.25) is 5.02 Å². The van der Waals surface area contributed by atoms with Crippen LogP contribution >= 0.6 is 23.4 Å². The number of halogens is 1. The molecule has 1 nitrogen and oxygen atoms in total. The molecule has 1 aromatic carbocycles. The molecule has 0 heterocycles. The lowest BCUT2D eigenvalue weighted by Crippen LogP contribution is -2.50. The highest BCUT2D eigenvalue weighted by molar-refractivity contribution is 7.99. The van der Waals surface area contributed by atoms with Crippen molar-refractivity contribution in [1.29, 1.82) is 0 Å². The van der Waals surface area contributed by atoms with Gasteiger partial charge in [0.05, 0.1) is 0 Å². The van der Waals surface area contributed by atoms with Gasteiger partial charge in [-0.05, 0) is 36.9 Å². The van der Waals surface area contributed by atoms with Crippen LogP contribution in [0.3, 0.4) is 0 Å². The molecular formula is C16H24ClNS. The molecule has 1 aliphatic rings. The Morgan fingerprint density at radius 1 is 1.37 bits per heavy atom. The highest BCUT2D eigenvalue weighted by Crippen LogP contribution is 2.41. The number of benzene rings is 1. The highest BCUT2D eigenvalue weighted by atomic mass is 35.5. The second-order valence-electron chi connectivity index (χ2n) is 6.09. The molecule has 1 saturated carbocycles. The molecule has 2 atom stereocenters. The second kappa shape index (κ2) is 6.51. The lowest BCUT2D eigenvalue weighted by molar-refractivity contribution is 0.182. The zero-order valence-corrected chi connectivity index (χ0v) is 13.7. The van der Waals surface area contributed by atoms with Crippen LogP contribution in [0.25, 0.3) is 0 Å². The van der Waals surface area contributed by atoms with Gasteiger partial charge in [0.1, 0.15) is 0 Å². The van der Waals surface area contributed by atoms with E-state index in [0.717, 1.165) is 10.8 Å². The number of thioether (sulfide) groups is 1. The molecular weight excluding hydrogens is 274 g/mol. The molecule has 0 aliphatic heterocycles. The van der Waals surface area contributed by atoms with Crippen molar-refractivity contribution in [3.8, 4) is 0 Å². The van der Waals surface area contributed by atoms with Crippen LogP contribution in [0.5, 0.6) is 0 Å². The fraction of sp³-hybridized carbons (Fsp3) is 0.625. The average molecular weight is 298 g/mol. The third-order valence-corrected chi connectivity index (χ3v) is 6.03. The Balaban J connectivity index is 2.00. The molecule has 1 aromatic rings. The molecule has 19 heavy (non-hydrogen) atoms. The van der Waals surface area contributed by atoms with E-state index < -0.39 is 0 Å². The Morgan fingerprint density at radius 2 is 2.11 bits per heavy atom. The van der Waals surface area contributed by atoms with Crippen molar-refractivity contribution < 1.29 is 0 Å². The summed E-state index contributed by atoms with van der Waals surface area (Å²) < 4.78 is 0. The van der Waals surface area contributed by atoms with Gasteiger partial charge in [0.25, 0.3) is 0 Å². The number of nitrogens with one attached hydrogen (secondary N) is 1. The van der Waals surface area contributed by atoms with Crippen molar-refractivity contribution in [1.82, 2.24) is 5.32 Å². The van der Waals surface area contributed by atoms with Gasteiger partial charge < -0.3 is 5.32 Å². The van der Waals surface area contributed by atoms with E-state index in [2.05, 4.69) is 50.1 Å². The molecule has 2 unspecified atom stereocenters. The number of rotatable bonds is 4. The minimum absolute atomic E-state index is 0.394. The molecule has 0 bridgehead atoms. The third-order valence-electron chi connectivity index (χ3n) is 4.25. The standard InChI is InChI=1S/C16H24ClNS/c1-16(2)10-6-9-14(15(16)18-3)19-11-12-7-4-5-8-13(12)17/h4-5,7-8,14-15,18H,6,9-11H2,1-3H3. The minimum atomic E-state index is 0.394.